The van der Waals surface area contributed by atoms with E-state index in [9.17, 15) is 19.1 Å². The van der Waals surface area contributed by atoms with Crippen LogP contribution in [-0.4, -0.2) is 55.4 Å². The summed E-state index contributed by atoms with van der Waals surface area (Å²) in [6.07, 6.45) is 0.107. The second-order valence-electron chi connectivity index (χ2n) is 11.3. The molecule has 0 bridgehead atoms. The van der Waals surface area contributed by atoms with Crippen LogP contribution < -0.4 is 16.0 Å². The number of halogens is 3. The van der Waals surface area contributed by atoms with Gasteiger partial charge >= 0.3 is 0 Å². The molecule has 4 rings (SSSR count). The lowest BCUT2D eigenvalue weighted by atomic mass is 9.62. The fourth-order valence-corrected chi connectivity index (χ4v) is 6.24. The fraction of sp³-hybridized carbons (Fsp3) is 0.500. The number of fused-ring (bicyclic) bond motifs is 2. The van der Waals surface area contributed by atoms with Crippen LogP contribution in [-0.2, 0) is 19.7 Å². The van der Waals surface area contributed by atoms with Crippen LogP contribution in [0.2, 0.25) is 10.0 Å². The van der Waals surface area contributed by atoms with E-state index in [1.165, 1.54) is 19.2 Å². The predicted octanol–water partition coefficient (Wildman–Crippen LogP) is 4.40. The maximum absolute atomic E-state index is 14.9. The van der Waals surface area contributed by atoms with Crippen LogP contribution in [0.1, 0.15) is 50.7 Å². The van der Waals surface area contributed by atoms with Crippen molar-refractivity contribution in [3.63, 3.8) is 0 Å². The molecule has 38 heavy (non-hydrogen) atoms. The van der Waals surface area contributed by atoms with Gasteiger partial charge in [0.2, 0.25) is 11.8 Å². The first-order valence-electron chi connectivity index (χ1n) is 12.7. The number of hydrogen-bond donors (Lipinski definition) is 4. The van der Waals surface area contributed by atoms with E-state index in [-0.39, 0.29) is 35.4 Å². The summed E-state index contributed by atoms with van der Waals surface area (Å²) in [6, 6.07) is 8.46. The third-order valence-electron chi connectivity index (χ3n) is 7.33. The highest BCUT2D eigenvalue weighted by atomic mass is 35.5. The minimum atomic E-state index is -1.31. The molecule has 4 N–H and O–H groups in total. The number of ether oxygens (including phenoxy) is 1. The van der Waals surface area contributed by atoms with Gasteiger partial charge in [0.05, 0.1) is 23.8 Å². The Morgan fingerprint density at radius 2 is 2.00 bits per heavy atom. The smallest absolute Gasteiger partial charge is 0.237 e. The van der Waals surface area contributed by atoms with Gasteiger partial charge in [-0.25, -0.2) is 4.39 Å². The van der Waals surface area contributed by atoms with E-state index in [2.05, 4.69) is 36.7 Å². The van der Waals surface area contributed by atoms with Crippen molar-refractivity contribution in [3.05, 3.63) is 63.4 Å². The van der Waals surface area contributed by atoms with Gasteiger partial charge in [-0.3, -0.25) is 9.59 Å². The highest BCUT2D eigenvalue weighted by Gasteiger charge is 2.65. The fourth-order valence-electron chi connectivity index (χ4n) is 5.88. The Hall–Kier alpha value is -2.23. The molecule has 5 atom stereocenters. The van der Waals surface area contributed by atoms with Gasteiger partial charge in [0.15, 0.2) is 0 Å². The van der Waals surface area contributed by atoms with Crippen molar-refractivity contribution in [2.75, 3.05) is 25.6 Å². The summed E-state index contributed by atoms with van der Waals surface area (Å²) in [4.78, 5) is 27.8. The number of carbonyl (C=O) groups is 2. The van der Waals surface area contributed by atoms with Crippen molar-refractivity contribution in [3.8, 4) is 0 Å². The zero-order valence-electron chi connectivity index (χ0n) is 21.9. The summed E-state index contributed by atoms with van der Waals surface area (Å²) in [6.45, 7) is 6.53. The largest absolute Gasteiger partial charge is 0.391 e. The molecule has 1 saturated heterocycles. The molecule has 10 heteroatoms. The van der Waals surface area contributed by atoms with Crippen molar-refractivity contribution in [1.82, 2.24) is 10.6 Å². The van der Waals surface area contributed by atoms with Gasteiger partial charge in [0.1, 0.15) is 11.2 Å². The second kappa shape index (κ2) is 11.1. The number of hydrogen-bond acceptors (Lipinski definition) is 5. The topological polar surface area (TPSA) is 99.7 Å². The third-order valence-corrected chi connectivity index (χ3v) is 7.85. The van der Waals surface area contributed by atoms with Gasteiger partial charge in [0, 0.05) is 36.3 Å². The Balaban J connectivity index is 1.85. The Kier molecular flexibility index (Phi) is 8.40. The molecule has 0 radical (unpaired) electrons. The van der Waals surface area contributed by atoms with Crippen LogP contribution in [0.5, 0.6) is 0 Å². The molecule has 0 aromatic heterocycles. The van der Waals surface area contributed by atoms with Crippen molar-refractivity contribution < 1.29 is 23.8 Å². The maximum Gasteiger partial charge on any atom is 0.237 e. The van der Waals surface area contributed by atoms with E-state index in [4.69, 9.17) is 27.9 Å². The van der Waals surface area contributed by atoms with Gasteiger partial charge in [-0.2, -0.15) is 0 Å². The zero-order chi connectivity index (χ0) is 27.8. The van der Waals surface area contributed by atoms with Gasteiger partial charge in [-0.15, -0.1) is 0 Å². The molecular formula is C28H34Cl2FN3O4. The Labute approximate surface area is 232 Å². The van der Waals surface area contributed by atoms with E-state index in [0.29, 0.717) is 34.7 Å². The summed E-state index contributed by atoms with van der Waals surface area (Å²) < 4.78 is 19.9. The monoisotopic (exact) mass is 565 g/mol. The normalized spacial score (nSPS) is 25.4. The average molecular weight is 567 g/mol. The molecule has 1 spiro atoms. The summed E-state index contributed by atoms with van der Waals surface area (Å²) in [5.74, 6) is -2.00. The summed E-state index contributed by atoms with van der Waals surface area (Å²) >= 11 is 12.5. The van der Waals surface area contributed by atoms with Gasteiger partial charge in [-0.05, 0) is 53.6 Å². The maximum atomic E-state index is 14.9. The lowest BCUT2D eigenvalue weighted by Gasteiger charge is -2.37. The van der Waals surface area contributed by atoms with Crippen molar-refractivity contribution in [1.29, 1.82) is 0 Å². The zero-order valence-corrected chi connectivity index (χ0v) is 23.4. The molecule has 7 nitrogen and oxygen atoms in total. The van der Waals surface area contributed by atoms with Crippen LogP contribution in [0, 0.1) is 11.2 Å². The molecule has 0 aliphatic carbocycles. The van der Waals surface area contributed by atoms with Crippen LogP contribution in [0.15, 0.2) is 36.4 Å². The number of anilines is 1. The van der Waals surface area contributed by atoms with Crippen LogP contribution in [0.3, 0.4) is 0 Å². The quantitative estimate of drug-likeness (QED) is 0.380. The summed E-state index contributed by atoms with van der Waals surface area (Å²) in [5, 5.41) is 19.7. The van der Waals surface area contributed by atoms with E-state index in [1.54, 1.807) is 18.2 Å². The molecule has 2 heterocycles. The highest BCUT2D eigenvalue weighted by molar-refractivity contribution is 6.31. The number of nitrogens with one attached hydrogen (secondary N) is 3. The minimum absolute atomic E-state index is 0.0948. The van der Waals surface area contributed by atoms with Crippen LogP contribution in [0.4, 0.5) is 10.1 Å². The average Bonchev–Trinajstić information content (AvgIpc) is 3.29. The molecule has 1 fully saturated rings. The summed E-state index contributed by atoms with van der Waals surface area (Å²) in [5.41, 5.74) is 0.0305. The number of amides is 2. The van der Waals surface area contributed by atoms with Gasteiger partial charge in [-0.1, -0.05) is 56.1 Å². The number of aliphatic hydroxyl groups excluding tert-OH is 1. The van der Waals surface area contributed by atoms with E-state index < -0.39 is 35.3 Å². The summed E-state index contributed by atoms with van der Waals surface area (Å²) in [7, 11) is 1.50. The number of rotatable bonds is 8. The van der Waals surface area contributed by atoms with E-state index >= 15 is 0 Å². The van der Waals surface area contributed by atoms with Crippen LogP contribution >= 0.6 is 23.2 Å². The SMILES string of the molecule is COCC(O)CCNC(=O)C1NC(CC(C)(C)C)C2(C(=O)Nc3cc(Cl)c(F)cc32)C1c1cccc(Cl)c1. The Morgan fingerprint density at radius 3 is 2.66 bits per heavy atom. The lowest BCUT2D eigenvalue weighted by molar-refractivity contribution is -0.124. The van der Waals surface area contributed by atoms with Crippen molar-refractivity contribution in [2.45, 2.75) is 63.1 Å². The Bertz CT molecular complexity index is 1220. The standard InChI is InChI=1S/C28H34Cl2FN3O4/c1-27(2,3)13-22-28(18-11-20(31)19(30)12-21(18)33-26(28)37)23(15-6-5-7-16(29)10-15)24(34-22)25(36)32-9-8-17(35)14-38-4/h5-7,10-12,17,22-24,34-35H,8-9,13-14H2,1-4H3,(H,32,36)(H,33,37). The first-order valence-corrected chi connectivity index (χ1v) is 13.4. The van der Waals surface area contributed by atoms with E-state index in [1.807, 2.05) is 6.07 Å². The molecule has 2 amide bonds. The van der Waals surface area contributed by atoms with Crippen molar-refractivity contribution >= 4 is 40.7 Å². The molecule has 206 valence electrons. The second-order valence-corrected chi connectivity index (χ2v) is 12.2. The van der Waals surface area contributed by atoms with Gasteiger partial charge < -0.3 is 25.8 Å². The lowest BCUT2D eigenvalue weighted by Crippen LogP contribution is -2.49. The number of benzene rings is 2. The first kappa shape index (κ1) is 28.8. The van der Waals surface area contributed by atoms with Crippen LogP contribution in [0.25, 0.3) is 0 Å². The molecule has 2 aliphatic heterocycles. The van der Waals surface area contributed by atoms with Gasteiger partial charge in [0.25, 0.3) is 0 Å². The van der Waals surface area contributed by atoms with E-state index in [0.717, 1.165) is 0 Å². The molecule has 0 saturated carbocycles. The number of carbonyl (C=O) groups excluding carboxylic acids is 2. The number of aliphatic hydroxyl groups is 1. The number of methoxy groups -OCH3 is 1. The molecule has 5 unspecified atom stereocenters. The highest BCUT2D eigenvalue weighted by Crippen LogP contribution is 2.57. The minimum Gasteiger partial charge on any atom is -0.391 e. The van der Waals surface area contributed by atoms with Crippen molar-refractivity contribution in [2.24, 2.45) is 5.41 Å². The molecule has 2 aromatic carbocycles. The first-order chi connectivity index (χ1) is 17.9. The Morgan fingerprint density at radius 1 is 1.26 bits per heavy atom. The third kappa shape index (κ3) is 5.42. The molecule has 2 aromatic rings. The predicted molar refractivity (Wildman–Crippen MR) is 146 cm³/mol. The molecular weight excluding hydrogens is 532 g/mol. The molecule has 2 aliphatic rings.